The summed E-state index contributed by atoms with van der Waals surface area (Å²) in [6.45, 7) is 6.88. The van der Waals surface area contributed by atoms with Gasteiger partial charge in [-0.2, -0.15) is 11.8 Å². The molecule has 1 fully saturated rings. The van der Waals surface area contributed by atoms with Crippen LogP contribution in [0, 0.1) is 11.8 Å². The molecule has 0 aromatic carbocycles. The van der Waals surface area contributed by atoms with Crippen LogP contribution in [0.5, 0.6) is 0 Å². The van der Waals surface area contributed by atoms with Crippen molar-refractivity contribution < 1.29 is 0 Å². The van der Waals surface area contributed by atoms with Crippen molar-refractivity contribution in [3.63, 3.8) is 0 Å². The number of rotatable bonds is 3. The molecule has 4 unspecified atom stereocenters. The Morgan fingerprint density at radius 2 is 2.00 bits per heavy atom. The van der Waals surface area contributed by atoms with Crippen molar-refractivity contribution in [1.82, 2.24) is 0 Å². The molecule has 0 heterocycles. The van der Waals surface area contributed by atoms with Crippen LogP contribution >= 0.6 is 11.8 Å². The van der Waals surface area contributed by atoms with Gasteiger partial charge in [0.1, 0.15) is 0 Å². The summed E-state index contributed by atoms with van der Waals surface area (Å²) in [5, 5.41) is 0.886. The van der Waals surface area contributed by atoms with Crippen molar-refractivity contribution in [3.8, 4) is 0 Å². The largest absolute Gasteiger partial charge is 0.327 e. The molecule has 4 atom stereocenters. The topological polar surface area (TPSA) is 26.0 Å². The lowest BCUT2D eigenvalue weighted by molar-refractivity contribution is 0.283. The van der Waals surface area contributed by atoms with E-state index in [4.69, 9.17) is 5.73 Å². The molecule has 1 aliphatic rings. The molecule has 0 aromatic heterocycles. The summed E-state index contributed by atoms with van der Waals surface area (Å²) in [5.74, 6) is 2.98. The molecule has 0 aliphatic heterocycles. The second kappa shape index (κ2) is 5.26. The first-order chi connectivity index (χ1) is 6.09. The Hall–Kier alpha value is 0.310. The number of thioether (sulfide) groups is 1. The van der Waals surface area contributed by atoms with Gasteiger partial charge < -0.3 is 5.73 Å². The predicted molar refractivity (Wildman–Crippen MR) is 62.1 cm³/mol. The molecule has 0 radical (unpaired) electrons. The van der Waals surface area contributed by atoms with E-state index in [1.165, 1.54) is 19.3 Å². The Labute approximate surface area is 86.8 Å². The van der Waals surface area contributed by atoms with Gasteiger partial charge >= 0.3 is 0 Å². The Morgan fingerprint density at radius 1 is 1.31 bits per heavy atom. The SMILES string of the molecule is CC(N)CSC1CCC(C)C(C)C1. The van der Waals surface area contributed by atoms with Crippen LogP contribution < -0.4 is 5.73 Å². The zero-order valence-electron chi connectivity index (χ0n) is 9.12. The number of nitrogens with two attached hydrogens (primary N) is 1. The molecule has 2 heteroatoms. The third-order valence-corrected chi connectivity index (χ3v) is 4.76. The molecule has 0 bridgehead atoms. The van der Waals surface area contributed by atoms with Crippen molar-refractivity contribution in [1.29, 1.82) is 0 Å². The summed E-state index contributed by atoms with van der Waals surface area (Å²) in [7, 11) is 0. The lowest BCUT2D eigenvalue weighted by Gasteiger charge is -2.31. The molecule has 78 valence electrons. The maximum atomic E-state index is 5.75. The smallest absolute Gasteiger partial charge is 0.0102 e. The molecule has 1 nitrogen and oxygen atoms in total. The third-order valence-electron chi connectivity index (χ3n) is 3.14. The highest BCUT2D eigenvalue weighted by Crippen LogP contribution is 2.35. The molecule has 0 saturated heterocycles. The van der Waals surface area contributed by atoms with E-state index in [-0.39, 0.29) is 0 Å². The Morgan fingerprint density at radius 3 is 2.54 bits per heavy atom. The molecule has 1 aliphatic carbocycles. The zero-order valence-corrected chi connectivity index (χ0v) is 9.94. The van der Waals surface area contributed by atoms with Crippen molar-refractivity contribution >= 4 is 11.8 Å². The summed E-state index contributed by atoms with van der Waals surface area (Å²) in [6, 6.07) is 0.361. The van der Waals surface area contributed by atoms with Crippen LogP contribution in [-0.4, -0.2) is 17.0 Å². The highest BCUT2D eigenvalue weighted by atomic mass is 32.2. The predicted octanol–water partition coefficient (Wildman–Crippen LogP) is 2.89. The first kappa shape index (κ1) is 11.4. The van der Waals surface area contributed by atoms with Crippen LogP contribution in [0.1, 0.15) is 40.0 Å². The van der Waals surface area contributed by atoms with E-state index in [0.717, 1.165) is 22.8 Å². The summed E-state index contributed by atoms with van der Waals surface area (Å²) in [5.41, 5.74) is 5.75. The van der Waals surface area contributed by atoms with Gasteiger partial charge in [-0.05, 0) is 38.0 Å². The highest BCUT2D eigenvalue weighted by molar-refractivity contribution is 7.99. The minimum absolute atomic E-state index is 0.361. The lowest BCUT2D eigenvalue weighted by atomic mass is 9.81. The molecule has 1 rings (SSSR count). The molecular formula is C11H23NS. The third kappa shape index (κ3) is 3.90. The van der Waals surface area contributed by atoms with Gasteiger partial charge in [-0.1, -0.05) is 13.8 Å². The monoisotopic (exact) mass is 201 g/mol. The van der Waals surface area contributed by atoms with E-state index in [1.807, 2.05) is 0 Å². The molecule has 2 N–H and O–H groups in total. The average Bonchev–Trinajstić information content (AvgIpc) is 2.07. The van der Waals surface area contributed by atoms with Gasteiger partial charge in [-0.3, -0.25) is 0 Å². The quantitative estimate of drug-likeness (QED) is 0.760. The van der Waals surface area contributed by atoms with Crippen LogP contribution in [0.3, 0.4) is 0 Å². The highest BCUT2D eigenvalue weighted by Gasteiger charge is 2.24. The van der Waals surface area contributed by atoms with Gasteiger partial charge in [0, 0.05) is 17.0 Å². The van der Waals surface area contributed by atoms with Gasteiger partial charge in [0.05, 0.1) is 0 Å². The summed E-state index contributed by atoms with van der Waals surface area (Å²) < 4.78 is 0. The maximum Gasteiger partial charge on any atom is 0.0102 e. The molecule has 1 saturated carbocycles. The Bertz CT molecular complexity index is 147. The first-order valence-corrected chi connectivity index (χ1v) is 6.51. The fraction of sp³-hybridized carbons (Fsp3) is 1.00. The van der Waals surface area contributed by atoms with Gasteiger partial charge in [0.15, 0.2) is 0 Å². The van der Waals surface area contributed by atoms with Crippen molar-refractivity contribution in [3.05, 3.63) is 0 Å². The number of hydrogen-bond donors (Lipinski definition) is 1. The van der Waals surface area contributed by atoms with E-state index in [2.05, 4.69) is 32.5 Å². The second-order valence-corrected chi connectivity index (χ2v) is 6.03. The average molecular weight is 201 g/mol. The van der Waals surface area contributed by atoms with E-state index >= 15 is 0 Å². The normalized spacial score (nSPS) is 37.4. The van der Waals surface area contributed by atoms with E-state index in [1.54, 1.807) is 0 Å². The van der Waals surface area contributed by atoms with Crippen LogP contribution in [-0.2, 0) is 0 Å². The van der Waals surface area contributed by atoms with Gasteiger partial charge in [0.25, 0.3) is 0 Å². The summed E-state index contributed by atoms with van der Waals surface area (Å²) in [6.07, 6.45) is 4.22. The zero-order chi connectivity index (χ0) is 9.84. The van der Waals surface area contributed by atoms with Gasteiger partial charge in [-0.15, -0.1) is 0 Å². The van der Waals surface area contributed by atoms with Crippen LogP contribution in [0.4, 0.5) is 0 Å². The van der Waals surface area contributed by atoms with E-state index in [0.29, 0.717) is 6.04 Å². The van der Waals surface area contributed by atoms with Crippen molar-refractivity contribution in [2.75, 3.05) is 5.75 Å². The first-order valence-electron chi connectivity index (χ1n) is 5.46. The second-order valence-electron chi connectivity index (χ2n) is 4.70. The maximum absolute atomic E-state index is 5.75. The number of hydrogen-bond acceptors (Lipinski definition) is 2. The van der Waals surface area contributed by atoms with Crippen molar-refractivity contribution in [2.45, 2.75) is 51.3 Å². The Kier molecular flexibility index (Phi) is 4.60. The molecule has 0 spiro atoms. The van der Waals surface area contributed by atoms with Gasteiger partial charge in [0.2, 0.25) is 0 Å². The van der Waals surface area contributed by atoms with E-state index < -0.39 is 0 Å². The van der Waals surface area contributed by atoms with Gasteiger partial charge in [-0.25, -0.2) is 0 Å². The summed E-state index contributed by atoms with van der Waals surface area (Å²) in [4.78, 5) is 0. The van der Waals surface area contributed by atoms with E-state index in [9.17, 15) is 0 Å². The lowest BCUT2D eigenvalue weighted by Crippen LogP contribution is -2.25. The van der Waals surface area contributed by atoms with Crippen LogP contribution in [0.25, 0.3) is 0 Å². The standard InChI is InChI=1S/C11H23NS/c1-8-4-5-11(6-9(8)2)13-7-10(3)12/h8-11H,4-7,12H2,1-3H3. The Balaban J connectivity index is 2.21. The van der Waals surface area contributed by atoms with Crippen LogP contribution in [0.15, 0.2) is 0 Å². The minimum Gasteiger partial charge on any atom is -0.327 e. The molecule has 0 aromatic rings. The van der Waals surface area contributed by atoms with Crippen LogP contribution in [0.2, 0.25) is 0 Å². The fourth-order valence-corrected chi connectivity index (χ4v) is 3.26. The minimum atomic E-state index is 0.361. The summed E-state index contributed by atoms with van der Waals surface area (Å²) >= 11 is 2.09. The fourth-order valence-electron chi connectivity index (χ4n) is 1.94. The molecular weight excluding hydrogens is 178 g/mol. The molecule has 13 heavy (non-hydrogen) atoms. The van der Waals surface area contributed by atoms with Crippen molar-refractivity contribution in [2.24, 2.45) is 17.6 Å². The molecule has 0 amide bonds.